The largest absolute Gasteiger partial charge is 0.224 e. The van der Waals surface area contributed by atoms with Gasteiger partial charge < -0.3 is 0 Å². The molecule has 0 radical (unpaired) electrons. The molecule has 1 rings (SSSR count). The summed E-state index contributed by atoms with van der Waals surface area (Å²) in [6, 6.07) is 8.78. The van der Waals surface area contributed by atoms with Gasteiger partial charge in [-0.3, -0.25) is 0 Å². The molecular formula is C18H30O2S. The van der Waals surface area contributed by atoms with E-state index in [1.807, 2.05) is 6.07 Å². The predicted octanol–water partition coefficient (Wildman–Crippen LogP) is 5.24. The van der Waals surface area contributed by atoms with Crippen LogP contribution in [0.15, 0.2) is 35.2 Å². The molecule has 0 saturated heterocycles. The molecule has 0 fully saturated rings. The van der Waals surface area contributed by atoms with Crippen molar-refractivity contribution in [1.29, 1.82) is 0 Å². The van der Waals surface area contributed by atoms with Gasteiger partial charge in [-0.05, 0) is 24.5 Å². The second-order valence-electron chi connectivity index (χ2n) is 6.08. The standard InChI is InChI=1S/C18H30O2S/c1-3-4-5-7-12-17(2)13-10-11-16-21(19,20)18-14-8-6-9-15-18/h6,8-9,14-15,17H,3-5,7,10-13,16H2,1-2H3/t17-/m1/s1. The number of unbranched alkanes of at least 4 members (excludes halogenated alkanes) is 4. The van der Waals surface area contributed by atoms with Crippen molar-refractivity contribution in [3.05, 3.63) is 30.3 Å². The van der Waals surface area contributed by atoms with Crippen molar-refractivity contribution < 1.29 is 8.42 Å². The highest BCUT2D eigenvalue weighted by atomic mass is 32.2. The second-order valence-corrected chi connectivity index (χ2v) is 8.19. The lowest BCUT2D eigenvalue weighted by atomic mass is 9.97. The van der Waals surface area contributed by atoms with E-state index in [2.05, 4.69) is 13.8 Å². The molecule has 0 N–H and O–H groups in total. The van der Waals surface area contributed by atoms with Gasteiger partial charge in [0.15, 0.2) is 9.84 Å². The molecule has 120 valence electrons. The van der Waals surface area contributed by atoms with E-state index in [-0.39, 0.29) is 5.75 Å². The fraction of sp³-hybridized carbons (Fsp3) is 0.667. The number of hydrogen-bond acceptors (Lipinski definition) is 2. The first-order valence-electron chi connectivity index (χ1n) is 8.34. The molecule has 1 aromatic carbocycles. The van der Waals surface area contributed by atoms with Crippen molar-refractivity contribution in [3.8, 4) is 0 Å². The molecule has 0 saturated carbocycles. The first kappa shape index (κ1) is 18.2. The van der Waals surface area contributed by atoms with Crippen LogP contribution in [0.25, 0.3) is 0 Å². The first-order valence-corrected chi connectivity index (χ1v) is 9.99. The highest BCUT2D eigenvalue weighted by Crippen LogP contribution is 2.18. The van der Waals surface area contributed by atoms with E-state index in [9.17, 15) is 8.42 Å². The van der Waals surface area contributed by atoms with Gasteiger partial charge in [-0.25, -0.2) is 8.42 Å². The Bertz CT molecular complexity index is 465. The zero-order valence-corrected chi connectivity index (χ0v) is 14.4. The molecule has 21 heavy (non-hydrogen) atoms. The Morgan fingerprint density at radius 1 is 0.905 bits per heavy atom. The molecule has 1 aromatic rings. The van der Waals surface area contributed by atoms with Gasteiger partial charge in [0.25, 0.3) is 0 Å². The third-order valence-electron chi connectivity index (χ3n) is 4.01. The Morgan fingerprint density at radius 3 is 2.14 bits per heavy atom. The SMILES string of the molecule is CCCCCC[C@@H](C)CCCCS(=O)(=O)c1ccccc1. The fourth-order valence-corrected chi connectivity index (χ4v) is 3.99. The van der Waals surface area contributed by atoms with Crippen molar-refractivity contribution in [3.63, 3.8) is 0 Å². The van der Waals surface area contributed by atoms with Crippen molar-refractivity contribution in [2.24, 2.45) is 5.92 Å². The summed E-state index contributed by atoms with van der Waals surface area (Å²) in [6.45, 7) is 4.52. The van der Waals surface area contributed by atoms with Gasteiger partial charge in [0.1, 0.15) is 0 Å². The van der Waals surface area contributed by atoms with Crippen molar-refractivity contribution in [1.82, 2.24) is 0 Å². The highest BCUT2D eigenvalue weighted by molar-refractivity contribution is 7.91. The lowest BCUT2D eigenvalue weighted by Gasteiger charge is -2.11. The summed E-state index contributed by atoms with van der Waals surface area (Å²) in [5, 5.41) is 0. The normalized spacial score (nSPS) is 13.2. The average Bonchev–Trinajstić information content (AvgIpc) is 2.49. The van der Waals surface area contributed by atoms with Crippen LogP contribution in [0.4, 0.5) is 0 Å². The molecule has 0 bridgehead atoms. The maximum atomic E-state index is 12.1. The molecule has 0 heterocycles. The molecule has 0 aliphatic heterocycles. The summed E-state index contributed by atoms with van der Waals surface area (Å²) in [5.41, 5.74) is 0. The molecule has 1 atom stereocenters. The zero-order valence-electron chi connectivity index (χ0n) is 13.6. The molecule has 0 aliphatic carbocycles. The zero-order chi connectivity index (χ0) is 15.6. The van der Waals surface area contributed by atoms with Crippen LogP contribution in [0.5, 0.6) is 0 Å². The summed E-state index contributed by atoms with van der Waals surface area (Å²) in [6.07, 6.45) is 9.49. The van der Waals surface area contributed by atoms with Crippen LogP contribution in [0, 0.1) is 5.92 Å². The van der Waals surface area contributed by atoms with E-state index in [0.717, 1.165) is 25.2 Å². The lowest BCUT2D eigenvalue weighted by Crippen LogP contribution is -2.07. The van der Waals surface area contributed by atoms with E-state index in [0.29, 0.717) is 4.90 Å². The molecule has 0 aliphatic rings. The average molecular weight is 311 g/mol. The topological polar surface area (TPSA) is 34.1 Å². The Morgan fingerprint density at radius 2 is 1.52 bits per heavy atom. The van der Waals surface area contributed by atoms with E-state index in [1.54, 1.807) is 24.3 Å². The van der Waals surface area contributed by atoms with Gasteiger partial charge in [-0.1, -0.05) is 77.0 Å². The third-order valence-corrected chi connectivity index (χ3v) is 5.83. The number of rotatable bonds is 11. The quantitative estimate of drug-likeness (QED) is 0.524. The number of sulfone groups is 1. The van der Waals surface area contributed by atoms with Crippen LogP contribution in [-0.4, -0.2) is 14.2 Å². The van der Waals surface area contributed by atoms with E-state index in [1.165, 1.54) is 32.1 Å². The Balaban J connectivity index is 2.19. The lowest BCUT2D eigenvalue weighted by molar-refractivity contribution is 0.444. The monoisotopic (exact) mass is 310 g/mol. The van der Waals surface area contributed by atoms with Crippen molar-refractivity contribution in [2.45, 2.75) is 70.1 Å². The molecular weight excluding hydrogens is 280 g/mol. The van der Waals surface area contributed by atoms with Crippen LogP contribution in [-0.2, 0) is 9.84 Å². The van der Waals surface area contributed by atoms with Crippen LogP contribution in [0.2, 0.25) is 0 Å². The Hall–Kier alpha value is -0.830. The minimum atomic E-state index is -3.08. The van der Waals surface area contributed by atoms with E-state index < -0.39 is 9.84 Å². The Kier molecular flexibility index (Phi) is 8.67. The van der Waals surface area contributed by atoms with Gasteiger partial charge in [0, 0.05) is 0 Å². The molecule has 3 heteroatoms. The number of benzene rings is 1. The van der Waals surface area contributed by atoms with Gasteiger partial charge >= 0.3 is 0 Å². The molecule has 0 spiro atoms. The highest BCUT2D eigenvalue weighted by Gasteiger charge is 2.13. The van der Waals surface area contributed by atoms with Crippen LogP contribution in [0.1, 0.15) is 65.2 Å². The molecule has 0 unspecified atom stereocenters. The Labute approximate surface area is 130 Å². The van der Waals surface area contributed by atoms with Crippen molar-refractivity contribution >= 4 is 9.84 Å². The smallest absolute Gasteiger partial charge is 0.178 e. The minimum absolute atomic E-state index is 0.277. The molecule has 0 aromatic heterocycles. The summed E-state index contributed by atoms with van der Waals surface area (Å²) >= 11 is 0. The van der Waals surface area contributed by atoms with Crippen LogP contribution in [0.3, 0.4) is 0 Å². The number of hydrogen-bond donors (Lipinski definition) is 0. The summed E-state index contributed by atoms with van der Waals surface area (Å²) < 4.78 is 24.2. The summed E-state index contributed by atoms with van der Waals surface area (Å²) in [4.78, 5) is 0.456. The maximum Gasteiger partial charge on any atom is 0.178 e. The van der Waals surface area contributed by atoms with Crippen molar-refractivity contribution in [2.75, 3.05) is 5.75 Å². The van der Waals surface area contributed by atoms with Gasteiger partial charge in [0.2, 0.25) is 0 Å². The second kappa shape index (κ2) is 9.99. The van der Waals surface area contributed by atoms with Gasteiger partial charge in [0.05, 0.1) is 10.6 Å². The van der Waals surface area contributed by atoms with E-state index >= 15 is 0 Å². The first-order chi connectivity index (χ1) is 10.1. The van der Waals surface area contributed by atoms with Crippen LogP contribution < -0.4 is 0 Å². The maximum absolute atomic E-state index is 12.1. The predicted molar refractivity (Wildman–Crippen MR) is 90.3 cm³/mol. The summed E-state index contributed by atoms with van der Waals surface area (Å²) in [5.74, 6) is 1.00. The molecule has 0 amide bonds. The van der Waals surface area contributed by atoms with Crippen LogP contribution >= 0.6 is 0 Å². The molecule has 2 nitrogen and oxygen atoms in total. The van der Waals surface area contributed by atoms with Gasteiger partial charge in [-0.15, -0.1) is 0 Å². The third kappa shape index (κ3) is 7.66. The summed E-state index contributed by atoms with van der Waals surface area (Å²) in [7, 11) is -3.08. The minimum Gasteiger partial charge on any atom is -0.224 e. The fourth-order valence-electron chi connectivity index (χ4n) is 2.59. The van der Waals surface area contributed by atoms with E-state index in [4.69, 9.17) is 0 Å². The van der Waals surface area contributed by atoms with Gasteiger partial charge in [-0.2, -0.15) is 0 Å².